The van der Waals surface area contributed by atoms with Crippen molar-refractivity contribution < 1.29 is 4.74 Å². The van der Waals surface area contributed by atoms with Gasteiger partial charge in [0.1, 0.15) is 5.82 Å². The van der Waals surface area contributed by atoms with Crippen LogP contribution in [0, 0.1) is 0 Å². The van der Waals surface area contributed by atoms with Gasteiger partial charge in [-0.2, -0.15) is 15.1 Å². The van der Waals surface area contributed by atoms with Crippen molar-refractivity contribution in [1.82, 2.24) is 19.7 Å². The minimum absolute atomic E-state index is 0.560. The molecule has 2 aromatic heterocycles. The zero-order valence-corrected chi connectivity index (χ0v) is 16.4. The summed E-state index contributed by atoms with van der Waals surface area (Å²) in [4.78, 5) is 9.42. The molecule has 0 spiro atoms. The number of para-hydroxylation sites is 2. The van der Waals surface area contributed by atoms with Crippen LogP contribution >= 0.6 is 0 Å². The summed E-state index contributed by atoms with van der Waals surface area (Å²) in [6.07, 6.45) is 2.68. The largest absolute Gasteiger partial charge is 0.382 e. The molecule has 0 aliphatic carbocycles. The van der Waals surface area contributed by atoms with Crippen molar-refractivity contribution in [3.8, 4) is 5.69 Å². The van der Waals surface area contributed by atoms with E-state index >= 15 is 0 Å². The number of ether oxygens (including phenoxy) is 1. The van der Waals surface area contributed by atoms with Crippen molar-refractivity contribution in [2.24, 2.45) is 0 Å². The lowest BCUT2D eigenvalue weighted by molar-refractivity contribution is 0.147. The van der Waals surface area contributed by atoms with E-state index in [2.05, 4.69) is 15.7 Å². The summed E-state index contributed by atoms with van der Waals surface area (Å²) in [5.41, 5.74) is 2.66. The van der Waals surface area contributed by atoms with Gasteiger partial charge < -0.3 is 15.4 Å². The van der Waals surface area contributed by atoms with Crippen LogP contribution in [0.15, 0.2) is 66.9 Å². The van der Waals surface area contributed by atoms with Crippen LogP contribution in [0.5, 0.6) is 0 Å². The van der Waals surface area contributed by atoms with Gasteiger partial charge in [0.05, 0.1) is 17.3 Å². The number of anilines is 3. The molecule has 0 fully saturated rings. The lowest BCUT2D eigenvalue weighted by Crippen LogP contribution is -2.10. The normalized spacial score (nSPS) is 10.9. The van der Waals surface area contributed by atoms with Crippen LogP contribution in [-0.2, 0) is 4.74 Å². The highest BCUT2D eigenvalue weighted by molar-refractivity contribution is 5.90. The van der Waals surface area contributed by atoms with Gasteiger partial charge in [0.25, 0.3) is 0 Å². The minimum atomic E-state index is 0.560. The first-order valence-electron chi connectivity index (χ1n) is 9.80. The summed E-state index contributed by atoms with van der Waals surface area (Å²) in [5, 5.41) is 12.1. The van der Waals surface area contributed by atoms with Crippen molar-refractivity contribution in [1.29, 1.82) is 0 Å². The maximum atomic E-state index is 5.40. The van der Waals surface area contributed by atoms with Gasteiger partial charge >= 0.3 is 0 Å². The Balaban J connectivity index is 1.69. The van der Waals surface area contributed by atoms with Crippen LogP contribution < -0.4 is 10.6 Å². The first-order chi connectivity index (χ1) is 14.3. The molecule has 2 heterocycles. The molecule has 0 saturated carbocycles. The Labute approximate surface area is 169 Å². The number of nitrogens with zero attached hydrogens (tertiary/aromatic N) is 4. The van der Waals surface area contributed by atoms with E-state index in [1.165, 1.54) is 0 Å². The molecule has 0 aliphatic rings. The van der Waals surface area contributed by atoms with Gasteiger partial charge in [0.15, 0.2) is 5.65 Å². The molecular formula is C22H24N6O. The lowest BCUT2D eigenvalue weighted by Gasteiger charge is -2.11. The molecular weight excluding hydrogens is 364 g/mol. The monoisotopic (exact) mass is 388 g/mol. The predicted molar refractivity (Wildman–Crippen MR) is 116 cm³/mol. The van der Waals surface area contributed by atoms with Crippen LogP contribution in [0.25, 0.3) is 16.7 Å². The number of rotatable bonds is 9. The van der Waals surface area contributed by atoms with Crippen molar-refractivity contribution in [3.05, 3.63) is 66.9 Å². The Kier molecular flexibility index (Phi) is 5.97. The van der Waals surface area contributed by atoms with E-state index in [0.29, 0.717) is 12.6 Å². The van der Waals surface area contributed by atoms with E-state index in [-0.39, 0.29) is 0 Å². The third-order valence-electron chi connectivity index (χ3n) is 4.42. The van der Waals surface area contributed by atoms with E-state index in [1.54, 1.807) is 6.20 Å². The number of fused-ring (bicyclic) bond motifs is 1. The third kappa shape index (κ3) is 4.52. The van der Waals surface area contributed by atoms with Crippen molar-refractivity contribution in [2.75, 3.05) is 30.4 Å². The zero-order valence-electron chi connectivity index (χ0n) is 16.4. The van der Waals surface area contributed by atoms with Gasteiger partial charge in [-0.25, -0.2) is 4.68 Å². The van der Waals surface area contributed by atoms with Crippen LogP contribution in [0.1, 0.15) is 13.3 Å². The molecule has 0 saturated heterocycles. The van der Waals surface area contributed by atoms with Crippen molar-refractivity contribution in [2.45, 2.75) is 13.3 Å². The highest BCUT2D eigenvalue weighted by Gasteiger charge is 2.14. The number of hydrogen-bond acceptors (Lipinski definition) is 6. The average molecular weight is 388 g/mol. The van der Waals surface area contributed by atoms with Crippen LogP contribution in [0.3, 0.4) is 0 Å². The first kappa shape index (κ1) is 18.9. The SMILES string of the molecule is CCOCCCNc1nc(Nc2ccccc2)c2cnn(-c3ccccc3)c2n1. The van der Waals surface area contributed by atoms with Crippen molar-refractivity contribution in [3.63, 3.8) is 0 Å². The van der Waals surface area contributed by atoms with E-state index in [9.17, 15) is 0 Å². The number of hydrogen-bond donors (Lipinski definition) is 2. The number of nitrogens with one attached hydrogen (secondary N) is 2. The summed E-state index contributed by atoms with van der Waals surface area (Å²) < 4.78 is 7.23. The Morgan fingerprint density at radius 2 is 1.72 bits per heavy atom. The van der Waals surface area contributed by atoms with Gasteiger partial charge in [-0.1, -0.05) is 36.4 Å². The quantitative estimate of drug-likeness (QED) is 0.414. The van der Waals surface area contributed by atoms with Gasteiger partial charge in [0, 0.05) is 25.4 Å². The standard InChI is InChI=1S/C22H24N6O/c1-2-29-15-9-14-23-22-26-20(25-17-10-5-3-6-11-17)19-16-24-28(21(19)27-22)18-12-7-4-8-13-18/h3-8,10-13,16H,2,9,14-15H2,1H3,(H2,23,25,26,27). The molecule has 29 heavy (non-hydrogen) atoms. The average Bonchev–Trinajstić information content (AvgIpc) is 3.19. The fraction of sp³-hybridized carbons (Fsp3) is 0.227. The molecule has 0 amide bonds. The molecule has 2 N–H and O–H groups in total. The minimum Gasteiger partial charge on any atom is -0.382 e. The summed E-state index contributed by atoms with van der Waals surface area (Å²) >= 11 is 0. The van der Waals surface area contributed by atoms with Gasteiger partial charge in [-0.15, -0.1) is 0 Å². The molecule has 0 bridgehead atoms. The summed E-state index contributed by atoms with van der Waals surface area (Å²) in [6, 6.07) is 19.9. The Bertz CT molecular complexity index is 1050. The topological polar surface area (TPSA) is 76.9 Å². The molecule has 0 unspecified atom stereocenters. The first-order valence-corrected chi connectivity index (χ1v) is 9.80. The summed E-state index contributed by atoms with van der Waals surface area (Å²) in [6.45, 7) is 4.17. The highest BCUT2D eigenvalue weighted by Crippen LogP contribution is 2.26. The van der Waals surface area contributed by atoms with Crippen LogP contribution in [0.2, 0.25) is 0 Å². The molecule has 4 aromatic rings. The molecule has 2 aromatic carbocycles. The molecule has 4 rings (SSSR count). The van der Waals surface area contributed by atoms with E-state index in [1.807, 2.05) is 72.3 Å². The number of benzene rings is 2. The molecule has 0 aliphatic heterocycles. The van der Waals surface area contributed by atoms with Crippen molar-refractivity contribution >= 4 is 28.5 Å². The number of aromatic nitrogens is 4. The fourth-order valence-corrected chi connectivity index (χ4v) is 3.02. The maximum Gasteiger partial charge on any atom is 0.226 e. The predicted octanol–water partition coefficient (Wildman–Crippen LogP) is 4.40. The van der Waals surface area contributed by atoms with Crippen LogP contribution in [-0.4, -0.2) is 39.5 Å². The molecule has 7 nitrogen and oxygen atoms in total. The van der Waals surface area contributed by atoms with Gasteiger partial charge in [-0.3, -0.25) is 0 Å². The molecule has 0 atom stereocenters. The fourth-order valence-electron chi connectivity index (χ4n) is 3.02. The summed E-state index contributed by atoms with van der Waals surface area (Å²) in [7, 11) is 0. The third-order valence-corrected chi connectivity index (χ3v) is 4.42. The Morgan fingerprint density at radius 1 is 0.966 bits per heavy atom. The van der Waals surface area contributed by atoms with E-state index in [0.717, 1.165) is 47.8 Å². The highest BCUT2D eigenvalue weighted by atomic mass is 16.5. The lowest BCUT2D eigenvalue weighted by atomic mass is 10.3. The van der Waals surface area contributed by atoms with Gasteiger partial charge in [-0.05, 0) is 37.6 Å². The Morgan fingerprint density at radius 3 is 2.48 bits per heavy atom. The molecule has 0 radical (unpaired) electrons. The van der Waals surface area contributed by atoms with E-state index in [4.69, 9.17) is 14.7 Å². The van der Waals surface area contributed by atoms with Gasteiger partial charge in [0.2, 0.25) is 5.95 Å². The second-order valence-corrected chi connectivity index (χ2v) is 6.49. The molecule has 148 valence electrons. The van der Waals surface area contributed by atoms with E-state index < -0.39 is 0 Å². The second kappa shape index (κ2) is 9.16. The maximum absolute atomic E-state index is 5.40. The zero-order chi connectivity index (χ0) is 19.9. The molecule has 7 heteroatoms. The second-order valence-electron chi connectivity index (χ2n) is 6.49. The Hall–Kier alpha value is -3.45. The smallest absolute Gasteiger partial charge is 0.226 e. The van der Waals surface area contributed by atoms with Crippen LogP contribution in [0.4, 0.5) is 17.5 Å². The summed E-state index contributed by atoms with van der Waals surface area (Å²) in [5.74, 6) is 1.28.